The van der Waals surface area contributed by atoms with Crippen molar-refractivity contribution in [2.24, 2.45) is 0 Å². The molecule has 0 saturated carbocycles. The van der Waals surface area contributed by atoms with Crippen LogP contribution in [0.4, 0.5) is 0 Å². The minimum atomic E-state index is -0.778. The molecule has 0 saturated heterocycles. The molecular formula is C18H22N2O2. The van der Waals surface area contributed by atoms with Crippen molar-refractivity contribution in [1.29, 1.82) is 0 Å². The number of para-hydroxylation sites is 1. The lowest BCUT2D eigenvalue weighted by molar-refractivity contribution is -0.131. The SMILES string of the molecule is CC1=C(C)[C@H](O)N(CCc2c(C)[nH]c3c(C)cccc23)C1=O. The Morgan fingerprint density at radius 2 is 1.95 bits per heavy atom. The normalized spacial score (nSPS) is 18.9. The molecule has 1 aliphatic rings. The van der Waals surface area contributed by atoms with Crippen LogP contribution in [0.1, 0.15) is 30.7 Å². The number of carbonyl (C=O) groups excluding carboxylic acids is 1. The van der Waals surface area contributed by atoms with Gasteiger partial charge in [0.1, 0.15) is 0 Å². The highest BCUT2D eigenvalue weighted by Gasteiger charge is 2.33. The smallest absolute Gasteiger partial charge is 0.251 e. The number of aliphatic hydroxyl groups excluding tert-OH is 1. The van der Waals surface area contributed by atoms with Crippen LogP contribution in [0, 0.1) is 13.8 Å². The molecule has 4 nitrogen and oxygen atoms in total. The number of hydrogen-bond acceptors (Lipinski definition) is 2. The number of aryl methyl sites for hydroxylation is 2. The van der Waals surface area contributed by atoms with Gasteiger partial charge < -0.3 is 15.0 Å². The van der Waals surface area contributed by atoms with Crippen LogP contribution in [-0.4, -0.2) is 33.7 Å². The molecule has 1 aliphatic heterocycles. The van der Waals surface area contributed by atoms with Crippen molar-refractivity contribution in [3.8, 4) is 0 Å². The molecule has 0 aliphatic carbocycles. The van der Waals surface area contributed by atoms with Gasteiger partial charge in [-0.2, -0.15) is 0 Å². The number of fused-ring (bicyclic) bond motifs is 1. The van der Waals surface area contributed by atoms with Gasteiger partial charge in [-0.3, -0.25) is 4.79 Å². The van der Waals surface area contributed by atoms with Crippen LogP contribution in [0.25, 0.3) is 10.9 Å². The Bertz CT molecular complexity index is 786. The predicted octanol–water partition coefficient (Wildman–Crippen LogP) is 2.82. The number of amides is 1. The van der Waals surface area contributed by atoms with Crippen LogP contribution >= 0.6 is 0 Å². The van der Waals surface area contributed by atoms with E-state index in [9.17, 15) is 9.90 Å². The maximum absolute atomic E-state index is 12.2. The van der Waals surface area contributed by atoms with E-state index in [1.807, 2.05) is 6.92 Å². The lowest BCUT2D eigenvalue weighted by Crippen LogP contribution is -2.36. The number of rotatable bonds is 3. The number of carbonyl (C=O) groups is 1. The number of nitrogens with zero attached hydrogens (tertiary/aromatic N) is 1. The van der Waals surface area contributed by atoms with Crippen molar-refractivity contribution < 1.29 is 9.90 Å². The summed E-state index contributed by atoms with van der Waals surface area (Å²) < 4.78 is 0. The van der Waals surface area contributed by atoms with Crippen molar-refractivity contribution >= 4 is 16.8 Å². The number of aliphatic hydroxyl groups is 1. The summed E-state index contributed by atoms with van der Waals surface area (Å²) in [5.41, 5.74) is 6.16. The average molecular weight is 298 g/mol. The monoisotopic (exact) mass is 298 g/mol. The summed E-state index contributed by atoms with van der Waals surface area (Å²) in [5.74, 6) is -0.0568. The van der Waals surface area contributed by atoms with Crippen molar-refractivity contribution in [3.05, 3.63) is 46.2 Å². The fourth-order valence-corrected chi connectivity index (χ4v) is 3.25. The zero-order valence-corrected chi connectivity index (χ0v) is 13.5. The zero-order valence-electron chi connectivity index (χ0n) is 13.5. The second kappa shape index (κ2) is 5.29. The van der Waals surface area contributed by atoms with E-state index in [4.69, 9.17) is 0 Å². The summed E-state index contributed by atoms with van der Waals surface area (Å²) in [4.78, 5) is 17.2. The number of hydrogen-bond donors (Lipinski definition) is 2. The first-order valence-corrected chi connectivity index (χ1v) is 7.65. The van der Waals surface area contributed by atoms with Gasteiger partial charge in [-0.25, -0.2) is 0 Å². The second-order valence-corrected chi connectivity index (χ2v) is 6.16. The van der Waals surface area contributed by atoms with E-state index in [1.54, 1.807) is 11.8 Å². The van der Waals surface area contributed by atoms with Gasteiger partial charge in [0, 0.05) is 28.7 Å². The zero-order chi connectivity index (χ0) is 16.0. The van der Waals surface area contributed by atoms with Gasteiger partial charge in [-0.1, -0.05) is 18.2 Å². The van der Waals surface area contributed by atoms with Gasteiger partial charge in [0.25, 0.3) is 5.91 Å². The highest BCUT2D eigenvalue weighted by Crippen LogP contribution is 2.27. The molecule has 3 rings (SSSR count). The molecule has 2 aromatic rings. The third-order valence-electron chi connectivity index (χ3n) is 4.82. The van der Waals surface area contributed by atoms with Gasteiger partial charge in [0.2, 0.25) is 0 Å². The first-order chi connectivity index (χ1) is 10.4. The molecule has 116 valence electrons. The van der Waals surface area contributed by atoms with E-state index in [-0.39, 0.29) is 5.91 Å². The van der Waals surface area contributed by atoms with Gasteiger partial charge in [-0.05, 0) is 50.8 Å². The van der Waals surface area contributed by atoms with Gasteiger partial charge >= 0.3 is 0 Å². The standard InChI is InChI=1S/C18H22N2O2/c1-10-6-5-7-15-14(13(4)19-16(10)15)8-9-20-17(21)11(2)12(3)18(20)22/h5-7,17,19,21H,8-9H2,1-4H3/t17-/m0/s1. The fraction of sp³-hybridized carbons (Fsp3) is 0.389. The molecule has 1 aromatic carbocycles. The molecule has 0 radical (unpaired) electrons. The summed E-state index contributed by atoms with van der Waals surface area (Å²) in [5, 5.41) is 11.4. The van der Waals surface area contributed by atoms with E-state index >= 15 is 0 Å². The molecule has 2 N–H and O–H groups in total. The number of aromatic nitrogens is 1. The lowest BCUT2D eigenvalue weighted by Gasteiger charge is -2.22. The topological polar surface area (TPSA) is 56.3 Å². The molecule has 0 spiro atoms. The number of aromatic amines is 1. The first-order valence-electron chi connectivity index (χ1n) is 7.65. The van der Waals surface area contributed by atoms with Crippen molar-refractivity contribution in [3.63, 3.8) is 0 Å². The molecule has 1 aromatic heterocycles. The summed E-state index contributed by atoms with van der Waals surface area (Å²) in [6.45, 7) is 8.27. The van der Waals surface area contributed by atoms with Crippen LogP contribution in [-0.2, 0) is 11.2 Å². The van der Waals surface area contributed by atoms with E-state index in [0.29, 0.717) is 12.1 Å². The Hall–Kier alpha value is -2.07. The maximum Gasteiger partial charge on any atom is 0.251 e. The first kappa shape index (κ1) is 14.9. The molecular weight excluding hydrogens is 276 g/mol. The lowest BCUT2D eigenvalue weighted by atomic mass is 10.1. The third-order valence-corrected chi connectivity index (χ3v) is 4.82. The van der Waals surface area contributed by atoms with Crippen LogP contribution in [0.2, 0.25) is 0 Å². The van der Waals surface area contributed by atoms with Crippen LogP contribution in [0.5, 0.6) is 0 Å². The quantitative estimate of drug-likeness (QED) is 0.915. The Morgan fingerprint density at radius 1 is 1.23 bits per heavy atom. The number of H-pyrrole nitrogens is 1. The summed E-state index contributed by atoms with van der Waals surface area (Å²) >= 11 is 0. The Morgan fingerprint density at radius 3 is 2.59 bits per heavy atom. The molecule has 0 fully saturated rings. The molecule has 4 heteroatoms. The predicted molar refractivity (Wildman–Crippen MR) is 87.6 cm³/mol. The van der Waals surface area contributed by atoms with Crippen LogP contribution in [0.15, 0.2) is 29.3 Å². The van der Waals surface area contributed by atoms with E-state index < -0.39 is 6.23 Å². The molecule has 1 atom stereocenters. The largest absolute Gasteiger partial charge is 0.369 e. The minimum Gasteiger partial charge on any atom is -0.369 e. The molecule has 1 amide bonds. The summed E-state index contributed by atoms with van der Waals surface area (Å²) in [7, 11) is 0. The van der Waals surface area contributed by atoms with Crippen molar-refractivity contribution in [2.75, 3.05) is 6.54 Å². The Kier molecular flexibility index (Phi) is 3.57. The third kappa shape index (κ3) is 2.15. The van der Waals surface area contributed by atoms with Crippen molar-refractivity contribution in [1.82, 2.24) is 9.88 Å². The summed E-state index contributed by atoms with van der Waals surface area (Å²) in [6.07, 6.45) is -0.0432. The van der Waals surface area contributed by atoms with E-state index in [0.717, 1.165) is 23.2 Å². The van der Waals surface area contributed by atoms with Gasteiger partial charge in [-0.15, -0.1) is 0 Å². The number of benzene rings is 1. The highest BCUT2D eigenvalue weighted by molar-refractivity contribution is 5.96. The Balaban J connectivity index is 1.85. The molecule has 2 heterocycles. The van der Waals surface area contributed by atoms with Crippen molar-refractivity contribution in [2.45, 2.75) is 40.3 Å². The van der Waals surface area contributed by atoms with Crippen LogP contribution in [0.3, 0.4) is 0 Å². The average Bonchev–Trinajstić information content (AvgIpc) is 2.90. The fourth-order valence-electron chi connectivity index (χ4n) is 3.25. The minimum absolute atomic E-state index is 0.0568. The Labute approximate surface area is 130 Å². The van der Waals surface area contributed by atoms with Gasteiger partial charge in [0.05, 0.1) is 0 Å². The molecule has 0 bridgehead atoms. The molecule has 22 heavy (non-hydrogen) atoms. The second-order valence-electron chi connectivity index (χ2n) is 6.16. The van der Waals surface area contributed by atoms with Gasteiger partial charge in [0.15, 0.2) is 6.23 Å². The van der Waals surface area contributed by atoms with E-state index in [2.05, 4.69) is 37.0 Å². The maximum atomic E-state index is 12.2. The van der Waals surface area contributed by atoms with E-state index in [1.165, 1.54) is 16.5 Å². The summed E-state index contributed by atoms with van der Waals surface area (Å²) in [6, 6.07) is 6.25. The number of nitrogens with one attached hydrogen (secondary N) is 1. The van der Waals surface area contributed by atoms with Crippen LogP contribution < -0.4 is 0 Å². The highest BCUT2D eigenvalue weighted by atomic mass is 16.3. The molecule has 0 unspecified atom stereocenters.